The van der Waals surface area contributed by atoms with E-state index in [-0.39, 0.29) is 11.8 Å². The van der Waals surface area contributed by atoms with Crippen molar-refractivity contribution in [2.75, 3.05) is 25.2 Å². The van der Waals surface area contributed by atoms with Crippen LogP contribution in [-0.4, -0.2) is 33.6 Å². The molecule has 0 spiro atoms. The van der Waals surface area contributed by atoms with Crippen molar-refractivity contribution in [2.45, 2.75) is 12.6 Å². The molecule has 0 aromatic heterocycles. The van der Waals surface area contributed by atoms with E-state index in [2.05, 4.69) is 11.4 Å². The van der Waals surface area contributed by atoms with E-state index in [1.165, 1.54) is 17.4 Å². The van der Waals surface area contributed by atoms with Crippen LogP contribution in [0.15, 0.2) is 24.3 Å². The van der Waals surface area contributed by atoms with Gasteiger partial charge >= 0.3 is 0 Å². The van der Waals surface area contributed by atoms with Crippen LogP contribution in [0.2, 0.25) is 0 Å². The van der Waals surface area contributed by atoms with Gasteiger partial charge in [-0.2, -0.15) is 0 Å². The molecular weight excluding hydrogens is 238 g/mol. The van der Waals surface area contributed by atoms with Gasteiger partial charge in [0.15, 0.2) is 0 Å². The lowest BCUT2D eigenvalue weighted by Crippen LogP contribution is -2.32. The average Bonchev–Trinajstić information content (AvgIpc) is 2.28. The largest absolute Gasteiger partial charge is 0.375 e. The van der Waals surface area contributed by atoms with Crippen LogP contribution in [0.3, 0.4) is 0 Å². The quantitative estimate of drug-likeness (QED) is 0.868. The summed E-state index contributed by atoms with van der Waals surface area (Å²) in [5, 5.41) is 3.23. The van der Waals surface area contributed by atoms with E-state index >= 15 is 0 Å². The molecule has 0 bridgehead atoms. The number of fused-ring (bicyclic) bond motifs is 1. The molecule has 94 valence electrons. The molecule has 0 saturated carbocycles. The molecule has 17 heavy (non-hydrogen) atoms. The van der Waals surface area contributed by atoms with Crippen LogP contribution in [0.1, 0.15) is 17.2 Å². The smallest absolute Gasteiger partial charge is 0.148 e. The van der Waals surface area contributed by atoms with Crippen molar-refractivity contribution in [3.8, 4) is 0 Å². The first-order valence-electron chi connectivity index (χ1n) is 5.63. The normalized spacial score (nSPS) is 19.9. The third-order valence-electron chi connectivity index (χ3n) is 2.84. The Bertz CT molecular complexity index is 484. The average molecular weight is 255 g/mol. The molecule has 1 N–H and O–H groups in total. The summed E-state index contributed by atoms with van der Waals surface area (Å²) in [6, 6.07) is 8.19. The van der Waals surface area contributed by atoms with Crippen LogP contribution in [0, 0.1) is 0 Å². The van der Waals surface area contributed by atoms with Gasteiger partial charge in [-0.3, -0.25) is 0 Å². The second-order valence-corrected chi connectivity index (χ2v) is 6.61. The van der Waals surface area contributed by atoms with Gasteiger partial charge in [0, 0.05) is 12.8 Å². The highest BCUT2D eigenvalue weighted by molar-refractivity contribution is 7.90. The summed E-state index contributed by atoms with van der Waals surface area (Å²) < 4.78 is 27.6. The lowest BCUT2D eigenvalue weighted by Gasteiger charge is -2.26. The van der Waals surface area contributed by atoms with Crippen LogP contribution >= 0.6 is 0 Å². The molecule has 0 aliphatic carbocycles. The van der Waals surface area contributed by atoms with Gasteiger partial charge in [-0.15, -0.1) is 0 Å². The predicted octanol–water partition coefficient (Wildman–Crippen LogP) is 0.892. The van der Waals surface area contributed by atoms with Crippen LogP contribution in [0.5, 0.6) is 0 Å². The highest BCUT2D eigenvalue weighted by atomic mass is 32.2. The zero-order valence-corrected chi connectivity index (χ0v) is 10.7. The Morgan fingerprint density at radius 1 is 1.41 bits per heavy atom. The lowest BCUT2D eigenvalue weighted by molar-refractivity contribution is 0.0828. The molecule has 1 aliphatic rings. The van der Waals surface area contributed by atoms with E-state index in [9.17, 15) is 8.42 Å². The molecule has 4 nitrogen and oxygen atoms in total. The fraction of sp³-hybridized carbons (Fsp3) is 0.500. The standard InChI is InChI=1S/C12H17NO3S/c1-17(14,15)7-6-13-12-9-16-8-10-4-2-3-5-11(10)12/h2-5,12-13H,6-9H2,1H3. The van der Waals surface area contributed by atoms with Gasteiger partial charge in [0.25, 0.3) is 0 Å². The van der Waals surface area contributed by atoms with Crippen molar-refractivity contribution in [3.05, 3.63) is 35.4 Å². The summed E-state index contributed by atoms with van der Waals surface area (Å²) in [6.45, 7) is 1.70. The van der Waals surface area contributed by atoms with E-state index in [4.69, 9.17) is 4.74 Å². The van der Waals surface area contributed by atoms with Crippen molar-refractivity contribution in [1.82, 2.24) is 5.32 Å². The van der Waals surface area contributed by atoms with Crippen molar-refractivity contribution < 1.29 is 13.2 Å². The third kappa shape index (κ3) is 3.52. The predicted molar refractivity (Wildman–Crippen MR) is 66.6 cm³/mol. The molecule has 1 heterocycles. The Kier molecular flexibility index (Phi) is 3.81. The summed E-state index contributed by atoms with van der Waals surface area (Å²) in [7, 11) is -2.91. The minimum Gasteiger partial charge on any atom is -0.375 e. The molecule has 0 radical (unpaired) electrons. The van der Waals surface area contributed by atoms with Crippen molar-refractivity contribution in [1.29, 1.82) is 0 Å². The topological polar surface area (TPSA) is 55.4 Å². The third-order valence-corrected chi connectivity index (χ3v) is 3.78. The molecular formula is C12H17NO3S. The van der Waals surface area contributed by atoms with E-state index in [1.54, 1.807) is 0 Å². The summed E-state index contributed by atoms with van der Waals surface area (Å²) in [5.41, 5.74) is 2.39. The fourth-order valence-electron chi connectivity index (χ4n) is 1.97. The number of benzene rings is 1. The highest BCUT2D eigenvalue weighted by Gasteiger charge is 2.19. The number of hydrogen-bond acceptors (Lipinski definition) is 4. The minimum atomic E-state index is -2.91. The zero-order chi connectivity index (χ0) is 12.3. The van der Waals surface area contributed by atoms with Crippen LogP contribution < -0.4 is 5.32 Å². The van der Waals surface area contributed by atoms with E-state index in [0.717, 1.165) is 0 Å². The maximum Gasteiger partial charge on any atom is 0.148 e. The Labute approximate surface area is 102 Å². The number of rotatable bonds is 4. The molecule has 0 fully saturated rings. The van der Waals surface area contributed by atoms with Gasteiger partial charge in [0.05, 0.1) is 25.0 Å². The Morgan fingerprint density at radius 2 is 2.18 bits per heavy atom. The number of sulfone groups is 1. The van der Waals surface area contributed by atoms with Gasteiger partial charge in [-0.1, -0.05) is 24.3 Å². The van der Waals surface area contributed by atoms with Crippen molar-refractivity contribution >= 4 is 9.84 Å². The highest BCUT2D eigenvalue weighted by Crippen LogP contribution is 2.23. The van der Waals surface area contributed by atoms with Gasteiger partial charge in [0.1, 0.15) is 9.84 Å². The SMILES string of the molecule is CS(=O)(=O)CCNC1COCc2ccccc21. The number of hydrogen-bond donors (Lipinski definition) is 1. The maximum absolute atomic E-state index is 11.0. The second-order valence-electron chi connectivity index (χ2n) is 4.35. The molecule has 1 aliphatic heterocycles. The summed E-state index contributed by atoms with van der Waals surface area (Å²) in [6.07, 6.45) is 1.25. The molecule has 1 unspecified atom stereocenters. The summed E-state index contributed by atoms with van der Waals surface area (Å²) in [5.74, 6) is 0.158. The van der Waals surface area contributed by atoms with Gasteiger partial charge in [-0.05, 0) is 11.1 Å². The Balaban J connectivity index is 1.99. The van der Waals surface area contributed by atoms with Gasteiger partial charge < -0.3 is 10.1 Å². The molecule has 1 aromatic rings. The monoisotopic (exact) mass is 255 g/mol. The maximum atomic E-state index is 11.0. The van der Waals surface area contributed by atoms with Crippen LogP contribution in [0.4, 0.5) is 0 Å². The van der Waals surface area contributed by atoms with Crippen LogP contribution in [0.25, 0.3) is 0 Å². The second kappa shape index (κ2) is 5.16. The lowest BCUT2D eigenvalue weighted by atomic mass is 9.99. The molecule has 0 amide bonds. The van der Waals surface area contributed by atoms with E-state index < -0.39 is 9.84 Å². The summed E-state index contributed by atoms with van der Waals surface area (Å²) in [4.78, 5) is 0. The van der Waals surface area contributed by atoms with Gasteiger partial charge in [0.2, 0.25) is 0 Å². The first-order valence-corrected chi connectivity index (χ1v) is 7.69. The summed E-state index contributed by atoms with van der Waals surface area (Å²) >= 11 is 0. The molecule has 2 rings (SSSR count). The zero-order valence-electron chi connectivity index (χ0n) is 9.85. The molecule has 5 heteroatoms. The van der Waals surface area contributed by atoms with Crippen molar-refractivity contribution in [2.24, 2.45) is 0 Å². The van der Waals surface area contributed by atoms with Crippen molar-refractivity contribution in [3.63, 3.8) is 0 Å². The van der Waals surface area contributed by atoms with E-state index in [0.29, 0.717) is 19.8 Å². The fourth-order valence-corrected chi connectivity index (χ4v) is 2.46. The van der Waals surface area contributed by atoms with E-state index in [1.807, 2.05) is 18.2 Å². The molecule has 1 atom stereocenters. The van der Waals surface area contributed by atoms with Crippen LogP contribution in [-0.2, 0) is 21.2 Å². The van der Waals surface area contributed by atoms with Gasteiger partial charge in [-0.25, -0.2) is 8.42 Å². The minimum absolute atomic E-state index is 0.0988. The molecule has 1 aromatic carbocycles. The Hall–Kier alpha value is -0.910. The molecule has 0 saturated heterocycles. The number of nitrogens with one attached hydrogen (secondary N) is 1. The number of ether oxygens (including phenoxy) is 1. The first-order chi connectivity index (χ1) is 8.06. The Morgan fingerprint density at radius 3 is 2.94 bits per heavy atom. The first kappa shape index (κ1) is 12.5.